The summed E-state index contributed by atoms with van der Waals surface area (Å²) in [6.45, 7) is 6.52. The maximum atomic E-state index is 10.9. The van der Waals surface area contributed by atoms with Crippen LogP contribution >= 0.6 is 11.6 Å². The van der Waals surface area contributed by atoms with E-state index in [1.165, 1.54) is 13.1 Å². The van der Waals surface area contributed by atoms with E-state index in [1.54, 1.807) is 18.2 Å². The Kier molecular flexibility index (Phi) is 7.48. The van der Waals surface area contributed by atoms with Gasteiger partial charge in [0.1, 0.15) is 11.5 Å². The molecule has 5 nitrogen and oxygen atoms in total. The molecule has 1 amide bonds. The zero-order valence-corrected chi connectivity index (χ0v) is 16.0. The van der Waals surface area contributed by atoms with Crippen LogP contribution in [0.1, 0.15) is 30.0 Å². The van der Waals surface area contributed by atoms with Gasteiger partial charge in [0.2, 0.25) is 5.91 Å². The van der Waals surface area contributed by atoms with Crippen LogP contribution in [0.15, 0.2) is 41.5 Å². The fraction of sp³-hybridized carbons (Fsp3) is 0.300. The highest BCUT2D eigenvalue weighted by Crippen LogP contribution is 2.23. The monoisotopic (exact) mass is 374 g/mol. The second kappa shape index (κ2) is 9.82. The molecule has 0 spiro atoms. The van der Waals surface area contributed by atoms with Crippen molar-refractivity contribution in [1.82, 2.24) is 5.43 Å². The van der Waals surface area contributed by atoms with Crippen LogP contribution < -0.4 is 14.9 Å². The number of carbonyl (C=O) groups is 1. The van der Waals surface area contributed by atoms with Gasteiger partial charge in [-0.3, -0.25) is 4.79 Å². The van der Waals surface area contributed by atoms with Crippen LogP contribution in [0.3, 0.4) is 0 Å². The van der Waals surface area contributed by atoms with Crippen molar-refractivity contribution >= 4 is 23.7 Å². The van der Waals surface area contributed by atoms with Gasteiger partial charge >= 0.3 is 0 Å². The summed E-state index contributed by atoms with van der Waals surface area (Å²) in [5.41, 5.74) is 5.30. The van der Waals surface area contributed by atoms with Crippen molar-refractivity contribution in [3.63, 3.8) is 0 Å². The molecule has 2 rings (SSSR count). The van der Waals surface area contributed by atoms with Crippen LogP contribution in [0.5, 0.6) is 11.5 Å². The van der Waals surface area contributed by atoms with Gasteiger partial charge in [-0.25, -0.2) is 5.43 Å². The molecule has 0 aliphatic heterocycles. The van der Waals surface area contributed by atoms with Crippen molar-refractivity contribution in [3.8, 4) is 11.5 Å². The SMILES string of the molecule is CC(=O)NN=Cc1cc(Cl)ccc1OCCCOc1c(C)cccc1C. The van der Waals surface area contributed by atoms with E-state index in [1.807, 2.05) is 32.0 Å². The first-order valence-corrected chi connectivity index (χ1v) is 8.76. The Hall–Kier alpha value is -2.53. The molecule has 26 heavy (non-hydrogen) atoms. The van der Waals surface area contributed by atoms with Gasteiger partial charge in [-0.15, -0.1) is 0 Å². The van der Waals surface area contributed by atoms with Crippen LogP contribution in [0.4, 0.5) is 0 Å². The third-order valence-electron chi connectivity index (χ3n) is 3.60. The molecule has 0 fully saturated rings. The number of halogens is 1. The molecule has 0 saturated heterocycles. The predicted octanol–water partition coefficient (Wildman–Crippen LogP) is 4.27. The number of hydrogen-bond donors (Lipinski definition) is 1. The third-order valence-corrected chi connectivity index (χ3v) is 3.83. The Morgan fingerprint density at radius 3 is 2.54 bits per heavy atom. The van der Waals surface area contributed by atoms with Gasteiger partial charge in [-0.1, -0.05) is 29.8 Å². The number of ether oxygens (including phenoxy) is 2. The average Bonchev–Trinajstić information content (AvgIpc) is 2.58. The third kappa shape index (κ3) is 6.08. The van der Waals surface area contributed by atoms with E-state index in [9.17, 15) is 4.79 Å². The zero-order valence-electron chi connectivity index (χ0n) is 15.2. The summed E-state index contributed by atoms with van der Waals surface area (Å²) in [5, 5.41) is 4.43. The minimum atomic E-state index is -0.241. The zero-order chi connectivity index (χ0) is 18.9. The lowest BCUT2D eigenvalue weighted by atomic mass is 10.1. The van der Waals surface area contributed by atoms with E-state index >= 15 is 0 Å². The van der Waals surface area contributed by atoms with E-state index in [0.29, 0.717) is 29.5 Å². The highest BCUT2D eigenvalue weighted by Gasteiger charge is 2.05. The smallest absolute Gasteiger partial charge is 0.236 e. The highest BCUT2D eigenvalue weighted by molar-refractivity contribution is 6.30. The number of nitrogens with one attached hydrogen (secondary N) is 1. The molecule has 0 unspecified atom stereocenters. The van der Waals surface area contributed by atoms with E-state index in [2.05, 4.69) is 10.5 Å². The number of carbonyl (C=O) groups excluding carboxylic acids is 1. The van der Waals surface area contributed by atoms with Crippen molar-refractivity contribution in [3.05, 3.63) is 58.1 Å². The lowest BCUT2D eigenvalue weighted by Gasteiger charge is -2.13. The van der Waals surface area contributed by atoms with Gasteiger partial charge in [-0.05, 0) is 43.2 Å². The number of aryl methyl sites for hydroxylation is 2. The second-order valence-corrected chi connectivity index (χ2v) is 6.32. The van der Waals surface area contributed by atoms with Crippen molar-refractivity contribution in [2.45, 2.75) is 27.2 Å². The number of nitrogens with zero attached hydrogens (tertiary/aromatic N) is 1. The molecular formula is C20H23ClN2O3. The summed E-state index contributed by atoms with van der Waals surface area (Å²) in [6, 6.07) is 11.4. The van der Waals surface area contributed by atoms with Gasteiger partial charge in [0.25, 0.3) is 0 Å². The molecular weight excluding hydrogens is 352 g/mol. The van der Waals surface area contributed by atoms with E-state index in [0.717, 1.165) is 23.3 Å². The molecule has 0 aliphatic rings. The number of hydrazone groups is 1. The van der Waals surface area contributed by atoms with Crippen LogP contribution in [-0.2, 0) is 4.79 Å². The number of benzene rings is 2. The molecule has 6 heteroatoms. The summed E-state index contributed by atoms with van der Waals surface area (Å²) in [5.74, 6) is 1.34. The minimum Gasteiger partial charge on any atom is -0.493 e. The predicted molar refractivity (Wildman–Crippen MR) is 104 cm³/mol. The fourth-order valence-corrected chi connectivity index (χ4v) is 2.57. The average molecular weight is 375 g/mol. The summed E-state index contributed by atoms with van der Waals surface area (Å²) in [7, 11) is 0. The van der Waals surface area contributed by atoms with Crippen molar-refractivity contribution in [1.29, 1.82) is 0 Å². The molecule has 1 N–H and O–H groups in total. The van der Waals surface area contributed by atoms with Crippen LogP contribution in [0.2, 0.25) is 5.02 Å². The molecule has 0 atom stereocenters. The lowest BCUT2D eigenvalue weighted by molar-refractivity contribution is -0.118. The first-order chi connectivity index (χ1) is 12.5. The number of hydrogen-bond acceptors (Lipinski definition) is 4. The van der Waals surface area contributed by atoms with Crippen molar-refractivity contribution in [2.75, 3.05) is 13.2 Å². The van der Waals surface area contributed by atoms with Crippen LogP contribution in [-0.4, -0.2) is 25.3 Å². The molecule has 0 aromatic heterocycles. The Morgan fingerprint density at radius 1 is 1.15 bits per heavy atom. The fourth-order valence-electron chi connectivity index (χ4n) is 2.39. The Morgan fingerprint density at radius 2 is 1.85 bits per heavy atom. The summed E-state index contributed by atoms with van der Waals surface area (Å²) in [4.78, 5) is 10.9. The lowest BCUT2D eigenvalue weighted by Crippen LogP contribution is -2.12. The molecule has 0 bridgehead atoms. The molecule has 0 radical (unpaired) electrons. The Balaban J connectivity index is 1.87. The van der Waals surface area contributed by atoms with Crippen LogP contribution in [0, 0.1) is 13.8 Å². The first-order valence-electron chi connectivity index (χ1n) is 8.38. The quantitative estimate of drug-likeness (QED) is 0.426. The molecule has 0 heterocycles. The maximum Gasteiger partial charge on any atom is 0.236 e. The molecule has 0 saturated carbocycles. The largest absolute Gasteiger partial charge is 0.493 e. The van der Waals surface area contributed by atoms with Gasteiger partial charge in [0.15, 0.2) is 0 Å². The topological polar surface area (TPSA) is 59.9 Å². The van der Waals surface area contributed by atoms with E-state index in [-0.39, 0.29) is 5.91 Å². The normalized spacial score (nSPS) is 10.8. The summed E-state index contributed by atoms with van der Waals surface area (Å²) >= 11 is 6.01. The van der Waals surface area contributed by atoms with E-state index in [4.69, 9.17) is 21.1 Å². The molecule has 2 aromatic carbocycles. The van der Waals surface area contributed by atoms with Crippen LogP contribution in [0.25, 0.3) is 0 Å². The van der Waals surface area contributed by atoms with Gasteiger partial charge < -0.3 is 9.47 Å². The summed E-state index contributed by atoms with van der Waals surface area (Å²) < 4.78 is 11.7. The molecule has 138 valence electrons. The Labute approximate surface area is 159 Å². The number of para-hydroxylation sites is 1. The molecule has 0 aliphatic carbocycles. The van der Waals surface area contributed by atoms with Crippen molar-refractivity contribution in [2.24, 2.45) is 5.10 Å². The van der Waals surface area contributed by atoms with Crippen molar-refractivity contribution < 1.29 is 14.3 Å². The Bertz CT molecular complexity index is 770. The standard InChI is InChI=1S/C20H23ClN2O3/c1-14-6-4-7-15(2)20(14)26-11-5-10-25-19-9-8-18(21)12-17(19)13-22-23-16(3)24/h4,6-9,12-13H,5,10-11H2,1-3H3,(H,23,24). The summed E-state index contributed by atoms with van der Waals surface area (Å²) in [6.07, 6.45) is 2.24. The number of rotatable bonds is 8. The van der Waals surface area contributed by atoms with Gasteiger partial charge in [0.05, 0.1) is 19.4 Å². The minimum absolute atomic E-state index is 0.241. The van der Waals surface area contributed by atoms with Gasteiger partial charge in [0, 0.05) is 23.9 Å². The van der Waals surface area contributed by atoms with Gasteiger partial charge in [-0.2, -0.15) is 5.10 Å². The highest BCUT2D eigenvalue weighted by atomic mass is 35.5. The molecule has 2 aromatic rings. The number of amides is 1. The maximum absolute atomic E-state index is 10.9. The van der Waals surface area contributed by atoms with E-state index < -0.39 is 0 Å². The first kappa shape index (κ1) is 19.8. The second-order valence-electron chi connectivity index (χ2n) is 5.88.